The smallest absolute Gasteiger partial charge is 0.224 e. The molecule has 2 aromatic carbocycles. The van der Waals surface area contributed by atoms with E-state index in [1.54, 1.807) is 14.2 Å². The van der Waals surface area contributed by atoms with Crippen LogP contribution in [-0.4, -0.2) is 45.2 Å². The lowest BCUT2D eigenvalue weighted by Crippen LogP contribution is -2.44. The number of ether oxygens (including phenoxy) is 1. The highest BCUT2D eigenvalue weighted by Gasteiger charge is 2.25. The summed E-state index contributed by atoms with van der Waals surface area (Å²) in [5.74, 6) is 2.05. The molecule has 3 N–H and O–H groups in total. The summed E-state index contributed by atoms with van der Waals surface area (Å²) in [5.41, 5.74) is 3.03. The number of hydrogen-bond acceptors (Lipinski definition) is 4. The molecule has 0 aliphatic carbocycles. The molecule has 7 heteroatoms. The Morgan fingerprint density at radius 1 is 1.22 bits per heavy atom. The Balaban J connectivity index is 1.51. The lowest BCUT2D eigenvalue weighted by molar-refractivity contribution is -0.116. The van der Waals surface area contributed by atoms with Gasteiger partial charge in [-0.2, -0.15) is 0 Å². The fourth-order valence-electron chi connectivity index (χ4n) is 3.90. The van der Waals surface area contributed by atoms with Gasteiger partial charge in [0.15, 0.2) is 5.96 Å². The monoisotopic (exact) mass is 437 g/mol. The zero-order chi connectivity index (χ0) is 22.9. The summed E-state index contributed by atoms with van der Waals surface area (Å²) in [7, 11) is 3.49. The van der Waals surface area contributed by atoms with E-state index in [0.717, 1.165) is 48.2 Å². The van der Waals surface area contributed by atoms with E-state index in [9.17, 15) is 4.79 Å². The molecular weight excluding hydrogens is 402 g/mol. The number of anilines is 2. The first-order chi connectivity index (χ1) is 15.5. The molecule has 1 amide bonds. The Morgan fingerprint density at radius 3 is 2.78 bits per heavy atom. The SMILES string of the molecule is CN=C(NCc1cccc(NC(=O)CC(C)C)c1)NC1CCN(c2ccccc2OC)C1. The Labute approximate surface area is 191 Å². The highest BCUT2D eigenvalue weighted by molar-refractivity contribution is 5.90. The van der Waals surface area contributed by atoms with E-state index in [2.05, 4.69) is 31.9 Å². The molecule has 1 unspecified atom stereocenters. The average Bonchev–Trinajstić information content (AvgIpc) is 3.24. The van der Waals surface area contributed by atoms with Gasteiger partial charge >= 0.3 is 0 Å². The molecule has 1 fully saturated rings. The molecule has 7 nitrogen and oxygen atoms in total. The molecule has 32 heavy (non-hydrogen) atoms. The van der Waals surface area contributed by atoms with Gasteiger partial charge in [-0.15, -0.1) is 0 Å². The summed E-state index contributed by atoms with van der Waals surface area (Å²) in [4.78, 5) is 18.8. The van der Waals surface area contributed by atoms with Crippen LogP contribution in [0.4, 0.5) is 11.4 Å². The van der Waals surface area contributed by atoms with Crippen LogP contribution in [0.1, 0.15) is 32.3 Å². The van der Waals surface area contributed by atoms with Crippen molar-refractivity contribution < 1.29 is 9.53 Å². The van der Waals surface area contributed by atoms with Gasteiger partial charge in [0.1, 0.15) is 5.75 Å². The molecule has 3 rings (SSSR count). The first-order valence-electron chi connectivity index (χ1n) is 11.2. The van der Waals surface area contributed by atoms with E-state index in [0.29, 0.717) is 24.9 Å². The van der Waals surface area contributed by atoms with Crippen LogP contribution in [0.5, 0.6) is 5.75 Å². The van der Waals surface area contributed by atoms with Crippen molar-refractivity contribution in [3.63, 3.8) is 0 Å². The minimum atomic E-state index is 0.0448. The van der Waals surface area contributed by atoms with Gasteiger partial charge in [0.05, 0.1) is 12.8 Å². The van der Waals surface area contributed by atoms with Gasteiger partial charge in [-0.1, -0.05) is 38.1 Å². The number of amides is 1. The summed E-state index contributed by atoms with van der Waals surface area (Å²) < 4.78 is 5.51. The van der Waals surface area contributed by atoms with Gasteiger partial charge in [-0.25, -0.2) is 0 Å². The molecule has 0 radical (unpaired) electrons. The summed E-state index contributed by atoms with van der Waals surface area (Å²) in [5, 5.41) is 9.89. The van der Waals surface area contributed by atoms with Crippen LogP contribution >= 0.6 is 0 Å². The molecule has 0 aromatic heterocycles. The fraction of sp³-hybridized carbons (Fsp3) is 0.440. The quantitative estimate of drug-likeness (QED) is 0.434. The van der Waals surface area contributed by atoms with E-state index in [1.807, 2.05) is 56.3 Å². The summed E-state index contributed by atoms with van der Waals surface area (Å²) >= 11 is 0. The second-order valence-electron chi connectivity index (χ2n) is 8.52. The molecule has 1 aliphatic rings. The van der Waals surface area contributed by atoms with Gasteiger partial charge in [0.2, 0.25) is 5.91 Å². The van der Waals surface area contributed by atoms with Gasteiger partial charge in [0.25, 0.3) is 0 Å². The van der Waals surface area contributed by atoms with E-state index < -0.39 is 0 Å². The average molecular weight is 438 g/mol. The maximum absolute atomic E-state index is 12.0. The fourth-order valence-corrected chi connectivity index (χ4v) is 3.90. The molecule has 1 atom stereocenters. The maximum Gasteiger partial charge on any atom is 0.224 e. The number of carbonyl (C=O) groups excluding carboxylic acids is 1. The number of nitrogens with one attached hydrogen (secondary N) is 3. The number of carbonyl (C=O) groups is 1. The minimum absolute atomic E-state index is 0.0448. The van der Waals surface area contributed by atoms with E-state index in [-0.39, 0.29) is 5.91 Å². The van der Waals surface area contributed by atoms with E-state index >= 15 is 0 Å². The van der Waals surface area contributed by atoms with Crippen molar-refractivity contribution in [1.82, 2.24) is 10.6 Å². The van der Waals surface area contributed by atoms with Gasteiger partial charge in [-0.05, 0) is 42.2 Å². The van der Waals surface area contributed by atoms with E-state index in [4.69, 9.17) is 4.74 Å². The molecule has 0 spiro atoms. The van der Waals surface area contributed by atoms with Crippen LogP contribution in [-0.2, 0) is 11.3 Å². The normalized spacial score (nSPS) is 16.2. The second kappa shape index (κ2) is 11.4. The molecule has 2 aromatic rings. The first-order valence-corrected chi connectivity index (χ1v) is 11.2. The van der Waals surface area contributed by atoms with Gasteiger partial charge in [-0.3, -0.25) is 9.79 Å². The molecule has 172 valence electrons. The molecule has 1 heterocycles. The third kappa shape index (κ3) is 6.64. The van der Waals surface area contributed by atoms with Crippen molar-refractivity contribution in [3.05, 3.63) is 54.1 Å². The van der Waals surface area contributed by atoms with E-state index in [1.165, 1.54) is 0 Å². The number of benzene rings is 2. The van der Waals surface area contributed by atoms with Crippen LogP contribution in [0.3, 0.4) is 0 Å². The molecule has 0 bridgehead atoms. The van der Waals surface area contributed by atoms with Crippen molar-refractivity contribution in [2.45, 2.75) is 39.3 Å². The number of para-hydroxylation sites is 2. The second-order valence-corrected chi connectivity index (χ2v) is 8.52. The number of rotatable bonds is 8. The van der Waals surface area contributed by atoms with Crippen molar-refractivity contribution in [1.29, 1.82) is 0 Å². The molecular formula is C25H35N5O2. The van der Waals surface area contributed by atoms with Gasteiger partial charge in [0, 0.05) is 44.8 Å². The van der Waals surface area contributed by atoms with Crippen LogP contribution in [0.2, 0.25) is 0 Å². The Kier molecular flexibility index (Phi) is 8.36. The van der Waals surface area contributed by atoms with Crippen molar-refractivity contribution in [2.75, 3.05) is 37.5 Å². The molecule has 0 saturated carbocycles. The number of guanidine groups is 1. The third-order valence-electron chi connectivity index (χ3n) is 5.44. The number of methoxy groups -OCH3 is 1. The predicted octanol–water partition coefficient (Wildman–Crippen LogP) is 3.62. The lowest BCUT2D eigenvalue weighted by atomic mass is 10.1. The standard InChI is InChI=1S/C25H35N5O2/c1-18(2)14-24(31)28-20-9-7-8-19(15-20)16-27-25(26-3)29-21-12-13-30(17-21)22-10-5-6-11-23(22)32-4/h5-11,15,18,21H,12-14,16-17H2,1-4H3,(H,28,31)(H2,26,27,29). The largest absolute Gasteiger partial charge is 0.495 e. The van der Waals surface area contributed by atoms with Crippen LogP contribution in [0, 0.1) is 5.92 Å². The highest BCUT2D eigenvalue weighted by Crippen LogP contribution is 2.30. The topological polar surface area (TPSA) is 78.0 Å². The zero-order valence-corrected chi connectivity index (χ0v) is 19.5. The van der Waals surface area contributed by atoms with Crippen LogP contribution < -0.4 is 25.6 Å². The molecule has 1 saturated heterocycles. The van der Waals surface area contributed by atoms with Crippen LogP contribution in [0.15, 0.2) is 53.5 Å². The number of aliphatic imine (C=N–C) groups is 1. The van der Waals surface area contributed by atoms with Crippen molar-refractivity contribution >= 4 is 23.2 Å². The Bertz CT molecular complexity index is 928. The maximum atomic E-state index is 12.0. The van der Waals surface area contributed by atoms with Crippen molar-refractivity contribution in [3.8, 4) is 5.75 Å². The summed E-state index contributed by atoms with van der Waals surface area (Å²) in [6, 6.07) is 16.3. The Hall–Kier alpha value is -3.22. The summed E-state index contributed by atoms with van der Waals surface area (Å²) in [6.45, 7) is 6.55. The third-order valence-corrected chi connectivity index (χ3v) is 5.44. The summed E-state index contributed by atoms with van der Waals surface area (Å²) in [6.07, 6.45) is 1.54. The van der Waals surface area contributed by atoms with Crippen LogP contribution in [0.25, 0.3) is 0 Å². The van der Waals surface area contributed by atoms with Gasteiger partial charge < -0.3 is 25.6 Å². The number of nitrogens with zero attached hydrogens (tertiary/aromatic N) is 2. The zero-order valence-electron chi connectivity index (χ0n) is 19.5. The Morgan fingerprint density at radius 2 is 2.03 bits per heavy atom. The lowest BCUT2D eigenvalue weighted by Gasteiger charge is -2.22. The minimum Gasteiger partial charge on any atom is -0.495 e. The molecule has 1 aliphatic heterocycles. The highest BCUT2D eigenvalue weighted by atomic mass is 16.5. The van der Waals surface area contributed by atoms with Crippen molar-refractivity contribution in [2.24, 2.45) is 10.9 Å². The predicted molar refractivity (Wildman–Crippen MR) is 131 cm³/mol. The number of hydrogen-bond donors (Lipinski definition) is 3. The first kappa shape index (κ1) is 23.4.